The van der Waals surface area contributed by atoms with Gasteiger partial charge in [0.15, 0.2) is 9.84 Å². The predicted octanol–water partition coefficient (Wildman–Crippen LogP) is 0.00300. The second-order valence-corrected chi connectivity index (χ2v) is 8.47. The van der Waals surface area contributed by atoms with Crippen molar-refractivity contribution >= 4 is 31.7 Å². The van der Waals surface area contributed by atoms with Crippen molar-refractivity contribution in [2.45, 2.75) is 17.7 Å². The van der Waals surface area contributed by atoms with Gasteiger partial charge in [0.2, 0.25) is 5.91 Å². The lowest BCUT2D eigenvalue weighted by atomic mass is 9.96. The fourth-order valence-corrected chi connectivity index (χ4v) is 4.21. The molecule has 5 nitrogen and oxygen atoms in total. The number of primary amides is 1. The van der Waals surface area contributed by atoms with Gasteiger partial charge in [-0.3, -0.25) is 4.79 Å². The Balaban J connectivity index is 1.88. The molecule has 1 aliphatic rings. The Kier molecular flexibility index (Phi) is 5.40. The van der Waals surface area contributed by atoms with Crippen LogP contribution in [-0.4, -0.2) is 39.7 Å². The van der Waals surface area contributed by atoms with Crippen molar-refractivity contribution in [3.63, 3.8) is 0 Å². The van der Waals surface area contributed by atoms with Gasteiger partial charge < -0.3 is 10.6 Å². The van der Waals surface area contributed by atoms with Crippen molar-refractivity contribution in [2.75, 3.05) is 25.4 Å². The Morgan fingerprint density at radius 2 is 1.81 bits per heavy atom. The molecule has 0 atom stereocenters. The van der Waals surface area contributed by atoms with E-state index in [9.17, 15) is 13.2 Å². The van der Waals surface area contributed by atoms with E-state index < -0.39 is 9.84 Å². The van der Waals surface area contributed by atoms with Gasteiger partial charge in [-0.05, 0) is 24.3 Å². The normalized spacial score (nSPS) is 22.9. The second kappa shape index (κ2) is 6.89. The van der Waals surface area contributed by atoms with Crippen LogP contribution in [0.5, 0.6) is 0 Å². The van der Waals surface area contributed by atoms with E-state index in [2.05, 4.69) is 15.9 Å². The molecule has 1 aromatic carbocycles. The predicted molar refractivity (Wildman–Crippen MR) is 83.7 cm³/mol. The summed E-state index contributed by atoms with van der Waals surface area (Å²) in [5.74, 6) is -0.154. The fourth-order valence-electron chi connectivity index (χ4n) is 2.60. The summed E-state index contributed by atoms with van der Waals surface area (Å²) in [5, 5.41) is 0. The molecule has 0 aromatic heterocycles. The summed E-state index contributed by atoms with van der Waals surface area (Å²) >= 11 is 3.29. The molecule has 1 amide bonds. The highest BCUT2D eigenvalue weighted by atomic mass is 79.9. The van der Waals surface area contributed by atoms with E-state index in [0.29, 0.717) is 11.4 Å². The minimum absolute atomic E-state index is 0.0446. The van der Waals surface area contributed by atoms with Gasteiger partial charge in [-0.15, -0.1) is 0 Å². The first-order valence-corrected chi connectivity index (χ1v) is 9.44. The van der Waals surface area contributed by atoms with E-state index in [4.69, 9.17) is 5.73 Å². The van der Waals surface area contributed by atoms with Crippen molar-refractivity contribution < 1.29 is 18.1 Å². The van der Waals surface area contributed by atoms with E-state index in [0.717, 1.165) is 30.4 Å². The van der Waals surface area contributed by atoms with Gasteiger partial charge in [-0.25, -0.2) is 8.42 Å². The van der Waals surface area contributed by atoms with E-state index in [1.807, 2.05) is 0 Å². The number of hydrogen-bond acceptors (Lipinski definition) is 3. The summed E-state index contributed by atoms with van der Waals surface area (Å²) in [7, 11) is -3.24. The molecule has 0 radical (unpaired) electrons. The molecular weight excluding hydrogens is 356 g/mol. The third-order valence-electron chi connectivity index (χ3n) is 3.99. The average Bonchev–Trinajstić information content (AvgIpc) is 2.46. The Labute approximate surface area is 133 Å². The molecule has 7 heteroatoms. The number of carbonyl (C=O) groups excluding carboxylic acids is 1. The Morgan fingerprint density at radius 1 is 1.24 bits per heavy atom. The zero-order valence-electron chi connectivity index (χ0n) is 11.7. The van der Waals surface area contributed by atoms with Crippen LogP contribution in [0.1, 0.15) is 12.8 Å². The topological polar surface area (TPSA) is 81.7 Å². The fraction of sp³-hybridized carbons (Fsp3) is 0.500. The average molecular weight is 376 g/mol. The SMILES string of the molecule is NC(=O)C1CC[NH+](CCS(=O)(=O)c2ccc(Br)cc2)CC1. The van der Waals surface area contributed by atoms with Gasteiger partial charge in [0.25, 0.3) is 0 Å². The molecule has 2 rings (SSSR count). The first kappa shape index (κ1) is 16.5. The second-order valence-electron chi connectivity index (χ2n) is 5.45. The number of amides is 1. The number of piperidine rings is 1. The molecule has 1 fully saturated rings. The molecule has 0 aliphatic carbocycles. The quantitative estimate of drug-likeness (QED) is 0.759. The number of nitrogens with two attached hydrogens (primary N) is 1. The number of rotatable bonds is 5. The van der Waals surface area contributed by atoms with Crippen LogP contribution in [0.15, 0.2) is 33.6 Å². The third-order valence-corrected chi connectivity index (χ3v) is 6.25. The highest BCUT2D eigenvalue weighted by Gasteiger charge is 2.27. The standard InChI is InChI=1S/C14H19BrN2O3S/c15-12-1-3-13(4-2-12)21(19,20)10-9-17-7-5-11(6-8-17)14(16)18/h1-4,11H,5-10H2,(H2,16,18)/p+1. The highest BCUT2D eigenvalue weighted by Crippen LogP contribution is 2.15. The molecule has 1 aromatic rings. The monoisotopic (exact) mass is 375 g/mol. The van der Waals surface area contributed by atoms with Crippen LogP contribution < -0.4 is 10.6 Å². The van der Waals surface area contributed by atoms with Gasteiger partial charge in [0.1, 0.15) is 5.75 Å². The lowest BCUT2D eigenvalue weighted by Crippen LogP contribution is -3.13. The molecule has 3 N–H and O–H groups in total. The maximum absolute atomic E-state index is 12.3. The first-order chi connectivity index (χ1) is 9.88. The molecule has 1 aliphatic heterocycles. The molecule has 21 heavy (non-hydrogen) atoms. The molecular formula is C14H20BrN2O3S+. The van der Waals surface area contributed by atoms with Crippen LogP contribution in [0.2, 0.25) is 0 Å². The van der Waals surface area contributed by atoms with Gasteiger partial charge >= 0.3 is 0 Å². The highest BCUT2D eigenvalue weighted by molar-refractivity contribution is 9.10. The van der Waals surface area contributed by atoms with Crippen LogP contribution in [0.4, 0.5) is 0 Å². The maximum Gasteiger partial charge on any atom is 0.220 e. The van der Waals surface area contributed by atoms with E-state index in [1.54, 1.807) is 24.3 Å². The summed E-state index contributed by atoms with van der Waals surface area (Å²) in [4.78, 5) is 12.7. The lowest BCUT2D eigenvalue weighted by Gasteiger charge is -2.27. The maximum atomic E-state index is 12.3. The molecule has 0 unspecified atom stereocenters. The number of halogens is 1. The number of sulfone groups is 1. The summed E-state index contributed by atoms with van der Waals surface area (Å²) in [5.41, 5.74) is 5.30. The summed E-state index contributed by atoms with van der Waals surface area (Å²) in [6.07, 6.45) is 1.51. The number of likely N-dealkylation sites (tertiary alicyclic amines) is 1. The molecule has 0 spiro atoms. The van der Waals surface area contributed by atoms with Crippen LogP contribution in [-0.2, 0) is 14.6 Å². The zero-order chi connectivity index (χ0) is 15.5. The number of hydrogen-bond donors (Lipinski definition) is 2. The van der Waals surface area contributed by atoms with Gasteiger partial charge in [0, 0.05) is 23.2 Å². The van der Waals surface area contributed by atoms with Crippen LogP contribution in [0, 0.1) is 5.92 Å². The molecule has 1 saturated heterocycles. The number of benzene rings is 1. The van der Waals surface area contributed by atoms with E-state index in [1.165, 1.54) is 4.90 Å². The lowest BCUT2D eigenvalue weighted by molar-refractivity contribution is -0.903. The van der Waals surface area contributed by atoms with Crippen molar-refractivity contribution in [3.05, 3.63) is 28.7 Å². The van der Waals surface area contributed by atoms with E-state index in [-0.39, 0.29) is 17.6 Å². The Hall–Kier alpha value is -0.920. The summed E-state index contributed by atoms with van der Waals surface area (Å²) in [6.45, 7) is 2.19. The molecule has 1 heterocycles. The van der Waals surface area contributed by atoms with Crippen LogP contribution in [0.3, 0.4) is 0 Å². The smallest absolute Gasteiger partial charge is 0.220 e. The minimum atomic E-state index is -3.24. The van der Waals surface area contributed by atoms with Crippen LogP contribution in [0.25, 0.3) is 0 Å². The van der Waals surface area contributed by atoms with Crippen LogP contribution >= 0.6 is 15.9 Å². The van der Waals surface area contributed by atoms with Crippen molar-refractivity contribution in [2.24, 2.45) is 11.7 Å². The first-order valence-electron chi connectivity index (χ1n) is 7.00. The third kappa shape index (κ3) is 4.52. The minimum Gasteiger partial charge on any atom is -0.369 e. The molecule has 0 bridgehead atoms. The van der Waals surface area contributed by atoms with Gasteiger partial charge in [-0.2, -0.15) is 0 Å². The summed E-state index contributed by atoms with van der Waals surface area (Å²) < 4.78 is 25.4. The molecule has 116 valence electrons. The van der Waals surface area contributed by atoms with Gasteiger partial charge in [0.05, 0.1) is 24.5 Å². The number of nitrogens with one attached hydrogen (secondary N) is 1. The number of carbonyl (C=O) groups is 1. The van der Waals surface area contributed by atoms with Crippen molar-refractivity contribution in [3.8, 4) is 0 Å². The Morgan fingerprint density at radius 3 is 2.33 bits per heavy atom. The largest absolute Gasteiger partial charge is 0.369 e. The Bertz CT molecular complexity index is 593. The number of quaternary nitrogens is 1. The van der Waals surface area contributed by atoms with Gasteiger partial charge in [-0.1, -0.05) is 15.9 Å². The van der Waals surface area contributed by atoms with E-state index >= 15 is 0 Å². The van der Waals surface area contributed by atoms with Crippen molar-refractivity contribution in [1.82, 2.24) is 0 Å². The molecule has 0 saturated carbocycles. The zero-order valence-corrected chi connectivity index (χ0v) is 14.1. The van der Waals surface area contributed by atoms with Crippen molar-refractivity contribution in [1.29, 1.82) is 0 Å². The summed E-state index contributed by atoms with van der Waals surface area (Å²) in [6, 6.07) is 6.71.